The summed E-state index contributed by atoms with van der Waals surface area (Å²) in [5, 5.41) is 2.89. The number of allylic oxidation sites excluding steroid dienone is 2. The predicted octanol–water partition coefficient (Wildman–Crippen LogP) is 1.86. The highest BCUT2D eigenvalue weighted by Gasteiger charge is 2.43. The molecule has 2 rings (SSSR count). The van der Waals surface area contributed by atoms with Crippen molar-refractivity contribution in [2.45, 2.75) is 51.5 Å². The fourth-order valence-corrected chi connectivity index (χ4v) is 3.18. The molecule has 0 spiro atoms. The second kappa shape index (κ2) is 5.76. The van der Waals surface area contributed by atoms with Crippen LogP contribution in [0.1, 0.15) is 46.0 Å². The van der Waals surface area contributed by atoms with Crippen LogP contribution in [0.3, 0.4) is 0 Å². The first-order chi connectivity index (χ1) is 9.08. The molecular weight excluding hydrogens is 240 g/mol. The molecule has 0 aromatic rings. The largest absolute Gasteiger partial charge is 0.352 e. The third kappa shape index (κ3) is 2.82. The average molecular weight is 264 g/mol. The fraction of sp³-hybridized carbons (Fsp3) is 0.733. The maximum absolute atomic E-state index is 12.5. The molecule has 0 aromatic carbocycles. The zero-order chi connectivity index (χ0) is 13.9. The van der Waals surface area contributed by atoms with E-state index in [0.29, 0.717) is 25.4 Å². The standard InChI is InChI=1S/C15H24N2O2/c1-3-8-15(2)14(19)16-9-10-17(15)13(18)11-12-6-4-5-7-12/h4,6,12H,3,5,7-11H2,1-2H3,(H,16,19). The lowest BCUT2D eigenvalue weighted by molar-refractivity contribution is -0.151. The van der Waals surface area contributed by atoms with E-state index in [9.17, 15) is 9.59 Å². The lowest BCUT2D eigenvalue weighted by Gasteiger charge is -2.44. The molecule has 0 radical (unpaired) electrons. The number of piperazine rings is 1. The van der Waals surface area contributed by atoms with Gasteiger partial charge in [0.1, 0.15) is 5.54 Å². The number of rotatable bonds is 4. The van der Waals surface area contributed by atoms with Crippen LogP contribution in [0.25, 0.3) is 0 Å². The van der Waals surface area contributed by atoms with Crippen molar-refractivity contribution in [2.75, 3.05) is 13.1 Å². The maximum Gasteiger partial charge on any atom is 0.245 e. The highest BCUT2D eigenvalue weighted by molar-refractivity contribution is 5.92. The van der Waals surface area contributed by atoms with Crippen molar-refractivity contribution in [1.29, 1.82) is 0 Å². The topological polar surface area (TPSA) is 49.4 Å². The Balaban J connectivity index is 2.08. The monoisotopic (exact) mass is 264 g/mol. The van der Waals surface area contributed by atoms with Crippen LogP contribution in [0.15, 0.2) is 12.2 Å². The molecule has 2 aliphatic rings. The molecule has 1 fully saturated rings. The van der Waals surface area contributed by atoms with Gasteiger partial charge in [-0.25, -0.2) is 0 Å². The summed E-state index contributed by atoms with van der Waals surface area (Å²) in [6.07, 6.45) is 8.59. The first kappa shape index (κ1) is 14.1. The van der Waals surface area contributed by atoms with Gasteiger partial charge in [-0.1, -0.05) is 25.5 Å². The van der Waals surface area contributed by atoms with Crippen molar-refractivity contribution in [1.82, 2.24) is 10.2 Å². The van der Waals surface area contributed by atoms with E-state index in [1.54, 1.807) is 0 Å². The van der Waals surface area contributed by atoms with Crippen LogP contribution in [0.5, 0.6) is 0 Å². The maximum atomic E-state index is 12.5. The van der Waals surface area contributed by atoms with E-state index in [2.05, 4.69) is 24.4 Å². The van der Waals surface area contributed by atoms with E-state index in [1.165, 1.54) is 0 Å². The highest BCUT2D eigenvalue weighted by Crippen LogP contribution is 2.28. The second-order valence-electron chi connectivity index (χ2n) is 5.79. The SMILES string of the molecule is CCCC1(C)C(=O)NCCN1C(=O)CC1C=CCC1. The Labute approximate surface area is 115 Å². The summed E-state index contributed by atoms with van der Waals surface area (Å²) in [7, 11) is 0. The summed E-state index contributed by atoms with van der Waals surface area (Å²) in [4.78, 5) is 26.4. The first-order valence-corrected chi connectivity index (χ1v) is 7.33. The normalized spacial score (nSPS) is 30.5. The van der Waals surface area contributed by atoms with Crippen molar-refractivity contribution >= 4 is 11.8 Å². The van der Waals surface area contributed by atoms with Crippen molar-refractivity contribution in [3.8, 4) is 0 Å². The van der Waals surface area contributed by atoms with Crippen LogP contribution in [0, 0.1) is 5.92 Å². The molecular formula is C15H24N2O2. The van der Waals surface area contributed by atoms with Gasteiger partial charge in [0, 0.05) is 19.5 Å². The van der Waals surface area contributed by atoms with Gasteiger partial charge in [-0.2, -0.15) is 0 Å². The summed E-state index contributed by atoms with van der Waals surface area (Å²) in [5.74, 6) is 0.488. The Morgan fingerprint density at radius 2 is 2.37 bits per heavy atom. The zero-order valence-corrected chi connectivity index (χ0v) is 11.9. The lowest BCUT2D eigenvalue weighted by atomic mass is 9.89. The number of nitrogens with one attached hydrogen (secondary N) is 1. The summed E-state index contributed by atoms with van der Waals surface area (Å²) < 4.78 is 0. The molecule has 2 amide bonds. The molecule has 19 heavy (non-hydrogen) atoms. The molecule has 2 atom stereocenters. The fourth-order valence-electron chi connectivity index (χ4n) is 3.18. The Hall–Kier alpha value is -1.32. The summed E-state index contributed by atoms with van der Waals surface area (Å²) >= 11 is 0. The first-order valence-electron chi connectivity index (χ1n) is 7.33. The molecule has 106 valence electrons. The van der Waals surface area contributed by atoms with Gasteiger partial charge in [-0.3, -0.25) is 9.59 Å². The van der Waals surface area contributed by atoms with Crippen LogP contribution >= 0.6 is 0 Å². The van der Waals surface area contributed by atoms with Crippen LogP contribution < -0.4 is 5.32 Å². The Bertz CT molecular complexity index is 392. The van der Waals surface area contributed by atoms with Gasteiger partial charge in [0.25, 0.3) is 0 Å². The number of hydrogen-bond acceptors (Lipinski definition) is 2. The van der Waals surface area contributed by atoms with E-state index in [4.69, 9.17) is 0 Å². The summed E-state index contributed by atoms with van der Waals surface area (Å²) in [5.41, 5.74) is -0.660. The van der Waals surface area contributed by atoms with E-state index in [-0.39, 0.29) is 11.8 Å². The van der Waals surface area contributed by atoms with Crippen molar-refractivity contribution in [3.05, 3.63) is 12.2 Å². The van der Waals surface area contributed by atoms with Crippen LogP contribution in [0.4, 0.5) is 0 Å². The van der Waals surface area contributed by atoms with Gasteiger partial charge in [-0.05, 0) is 32.1 Å². The number of carbonyl (C=O) groups is 2. The van der Waals surface area contributed by atoms with Gasteiger partial charge in [0.2, 0.25) is 11.8 Å². The number of hydrogen-bond donors (Lipinski definition) is 1. The van der Waals surface area contributed by atoms with Crippen LogP contribution in [0.2, 0.25) is 0 Å². The lowest BCUT2D eigenvalue weighted by Crippen LogP contribution is -2.65. The highest BCUT2D eigenvalue weighted by atomic mass is 16.2. The Morgan fingerprint density at radius 3 is 3.00 bits per heavy atom. The molecule has 4 heteroatoms. The van der Waals surface area contributed by atoms with Gasteiger partial charge in [0.15, 0.2) is 0 Å². The molecule has 1 heterocycles. The number of nitrogens with zero attached hydrogens (tertiary/aromatic N) is 1. The van der Waals surface area contributed by atoms with E-state index in [1.807, 2.05) is 11.8 Å². The molecule has 0 saturated carbocycles. The minimum atomic E-state index is -0.660. The quantitative estimate of drug-likeness (QED) is 0.788. The van der Waals surface area contributed by atoms with Crippen LogP contribution in [-0.4, -0.2) is 35.3 Å². The number of amides is 2. The average Bonchev–Trinajstić information content (AvgIpc) is 2.86. The summed E-state index contributed by atoms with van der Waals surface area (Å²) in [6.45, 7) is 5.16. The van der Waals surface area contributed by atoms with E-state index >= 15 is 0 Å². The van der Waals surface area contributed by atoms with Gasteiger partial charge in [-0.15, -0.1) is 0 Å². The van der Waals surface area contributed by atoms with Crippen LogP contribution in [-0.2, 0) is 9.59 Å². The molecule has 0 aromatic heterocycles. The van der Waals surface area contributed by atoms with Crippen molar-refractivity contribution in [2.24, 2.45) is 5.92 Å². The zero-order valence-electron chi connectivity index (χ0n) is 11.9. The van der Waals surface area contributed by atoms with Gasteiger partial charge < -0.3 is 10.2 Å². The number of carbonyl (C=O) groups excluding carboxylic acids is 2. The molecule has 2 unspecified atom stereocenters. The Morgan fingerprint density at radius 1 is 1.58 bits per heavy atom. The van der Waals surface area contributed by atoms with E-state index in [0.717, 1.165) is 25.7 Å². The smallest absolute Gasteiger partial charge is 0.245 e. The van der Waals surface area contributed by atoms with Gasteiger partial charge in [0.05, 0.1) is 0 Å². The summed E-state index contributed by atoms with van der Waals surface area (Å²) in [6, 6.07) is 0. The van der Waals surface area contributed by atoms with Crippen molar-refractivity contribution < 1.29 is 9.59 Å². The Kier molecular flexibility index (Phi) is 4.27. The molecule has 0 bridgehead atoms. The predicted molar refractivity (Wildman–Crippen MR) is 74.5 cm³/mol. The molecule has 1 saturated heterocycles. The minimum absolute atomic E-state index is 0.00378. The molecule has 1 aliphatic carbocycles. The third-order valence-electron chi connectivity index (χ3n) is 4.29. The minimum Gasteiger partial charge on any atom is -0.352 e. The molecule has 4 nitrogen and oxygen atoms in total. The van der Waals surface area contributed by atoms with E-state index < -0.39 is 5.54 Å². The van der Waals surface area contributed by atoms with Crippen molar-refractivity contribution in [3.63, 3.8) is 0 Å². The second-order valence-corrected chi connectivity index (χ2v) is 5.79. The van der Waals surface area contributed by atoms with Gasteiger partial charge >= 0.3 is 0 Å². The third-order valence-corrected chi connectivity index (χ3v) is 4.29. The molecule has 1 aliphatic heterocycles. The molecule has 1 N–H and O–H groups in total.